The van der Waals surface area contributed by atoms with Crippen molar-refractivity contribution in [2.24, 2.45) is 0 Å². The summed E-state index contributed by atoms with van der Waals surface area (Å²) in [5.41, 5.74) is 2.19. The number of ether oxygens (including phenoxy) is 1. The zero-order valence-corrected chi connectivity index (χ0v) is 15.4. The van der Waals surface area contributed by atoms with E-state index in [4.69, 9.17) is 4.74 Å². The smallest absolute Gasteiger partial charge is 0.261 e. The van der Waals surface area contributed by atoms with Crippen LogP contribution in [0.15, 0.2) is 71.5 Å². The number of H-pyrrole nitrogens is 1. The van der Waals surface area contributed by atoms with Crippen LogP contribution in [0.3, 0.4) is 0 Å². The molecule has 0 fully saturated rings. The summed E-state index contributed by atoms with van der Waals surface area (Å²) in [6.07, 6.45) is 0. The molecule has 0 saturated carbocycles. The van der Waals surface area contributed by atoms with E-state index in [1.807, 2.05) is 68.4 Å². The van der Waals surface area contributed by atoms with Crippen LogP contribution in [0.25, 0.3) is 11.3 Å². The average Bonchev–Trinajstić information content (AvgIpc) is 2.69. The summed E-state index contributed by atoms with van der Waals surface area (Å²) in [7, 11) is 0. The highest BCUT2D eigenvalue weighted by molar-refractivity contribution is 5.94. The van der Waals surface area contributed by atoms with Gasteiger partial charge in [-0.25, -0.2) is 0 Å². The molecule has 0 aliphatic carbocycles. The first-order chi connectivity index (χ1) is 13.1. The lowest BCUT2D eigenvalue weighted by molar-refractivity contribution is 0.0938. The maximum absolute atomic E-state index is 12.5. The Bertz CT molecular complexity index is 963. The van der Waals surface area contributed by atoms with Gasteiger partial charge in [-0.2, -0.15) is 0 Å². The molecule has 138 valence electrons. The lowest BCUT2D eigenvalue weighted by Crippen LogP contribution is -2.31. The van der Waals surface area contributed by atoms with E-state index < -0.39 is 11.5 Å². The van der Waals surface area contributed by atoms with E-state index in [0.29, 0.717) is 12.3 Å². The Kier molecular flexibility index (Phi) is 5.71. The maximum atomic E-state index is 12.5. The molecule has 1 atom stereocenters. The summed E-state index contributed by atoms with van der Waals surface area (Å²) in [6, 6.07) is 20.1. The second-order valence-corrected chi connectivity index (χ2v) is 6.18. The fourth-order valence-corrected chi connectivity index (χ4v) is 2.82. The number of nitrogens with one attached hydrogen (secondary N) is 2. The molecule has 0 bridgehead atoms. The minimum Gasteiger partial charge on any atom is -0.494 e. The molecule has 2 aromatic carbocycles. The molecule has 0 radical (unpaired) electrons. The highest BCUT2D eigenvalue weighted by Crippen LogP contribution is 2.18. The van der Waals surface area contributed by atoms with Crippen molar-refractivity contribution in [3.8, 4) is 17.0 Å². The van der Waals surface area contributed by atoms with Crippen LogP contribution >= 0.6 is 0 Å². The Hall–Kier alpha value is -3.34. The van der Waals surface area contributed by atoms with Gasteiger partial charge in [0.15, 0.2) is 0 Å². The number of benzene rings is 2. The van der Waals surface area contributed by atoms with Crippen molar-refractivity contribution in [3.05, 3.63) is 88.2 Å². The van der Waals surface area contributed by atoms with Gasteiger partial charge in [0.25, 0.3) is 11.5 Å². The lowest BCUT2D eigenvalue weighted by Gasteiger charge is -2.15. The first-order valence-corrected chi connectivity index (χ1v) is 8.91. The monoisotopic (exact) mass is 362 g/mol. The van der Waals surface area contributed by atoms with Crippen LogP contribution < -0.4 is 15.6 Å². The van der Waals surface area contributed by atoms with Gasteiger partial charge in [0.1, 0.15) is 11.3 Å². The second kappa shape index (κ2) is 8.36. The number of rotatable bonds is 6. The maximum Gasteiger partial charge on any atom is 0.261 e. The summed E-state index contributed by atoms with van der Waals surface area (Å²) < 4.78 is 5.42. The van der Waals surface area contributed by atoms with Crippen LogP contribution in [0.1, 0.15) is 35.8 Å². The molecule has 1 aromatic heterocycles. The molecule has 1 heterocycles. The highest BCUT2D eigenvalue weighted by Gasteiger charge is 2.15. The van der Waals surface area contributed by atoms with E-state index >= 15 is 0 Å². The van der Waals surface area contributed by atoms with Crippen LogP contribution in [0.2, 0.25) is 0 Å². The summed E-state index contributed by atoms with van der Waals surface area (Å²) in [6.45, 7) is 4.41. The largest absolute Gasteiger partial charge is 0.494 e. The van der Waals surface area contributed by atoms with E-state index in [1.165, 1.54) is 0 Å². The van der Waals surface area contributed by atoms with Crippen molar-refractivity contribution < 1.29 is 9.53 Å². The van der Waals surface area contributed by atoms with Gasteiger partial charge >= 0.3 is 0 Å². The van der Waals surface area contributed by atoms with Crippen LogP contribution in [0.4, 0.5) is 0 Å². The minimum atomic E-state index is -0.409. The molecule has 3 rings (SSSR count). The minimum absolute atomic E-state index is 0.0902. The molecule has 5 heteroatoms. The Morgan fingerprint density at radius 1 is 1.04 bits per heavy atom. The van der Waals surface area contributed by atoms with E-state index in [9.17, 15) is 9.59 Å². The van der Waals surface area contributed by atoms with Crippen LogP contribution in [0.5, 0.6) is 5.75 Å². The number of aromatic amines is 1. The molecule has 0 saturated heterocycles. The number of amides is 1. The molecule has 0 aliphatic rings. The number of carbonyl (C=O) groups is 1. The number of hydrogen-bond acceptors (Lipinski definition) is 3. The standard InChI is InChI=1S/C22H22N2O3/c1-3-27-18-11-9-16(10-12-18)15(2)23-21(25)19-13-14-20(24-22(19)26)17-7-5-4-6-8-17/h4-15H,3H2,1-2H3,(H,23,25)(H,24,26)/t15-/m0/s1. The van der Waals surface area contributed by atoms with Gasteiger partial charge in [0.05, 0.1) is 12.6 Å². The van der Waals surface area contributed by atoms with Gasteiger partial charge in [-0.05, 0) is 49.2 Å². The SMILES string of the molecule is CCOc1ccc([C@H](C)NC(=O)c2ccc(-c3ccccc3)[nH]c2=O)cc1. The zero-order chi connectivity index (χ0) is 19.2. The molecular weight excluding hydrogens is 340 g/mol. The fourth-order valence-electron chi connectivity index (χ4n) is 2.82. The van der Waals surface area contributed by atoms with Crippen molar-refractivity contribution in [1.82, 2.24) is 10.3 Å². The molecule has 3 aromatic rings. The topological polar surface area (TPSA) is 71.2 Å². The van der Waals surface area contributed by atoms with Crippen molar-refractivity contribution in [2.75, 3.05) is 6.61 Å². The van der Waals surface area contributed by atoms with Crippen LogP contribution in [0, 0.1) is 0 Å². The molecule has 2 N–H and O–H groups in total. The molecule has 27 heavy (non-hydrogen) atoms. The first-order valence-electron chi connectivity index (χ1n) is 8.91. The van der Waals surface area contributed by atoms with Gasteiger partial charge in [-0.15, -0.1) is 0 Å². The summed E-state index contributed by atoms with van der Waals surface area (Å²) in [4.78, 5) is 27.6. The van der Waals surface area contributed by atoms with Crippen LogP contribution in [-0.4, -0.2) is 17.5 Å². The van der Waals surface area contributed by atoms with Gasteiger partial charge in [-0.1, -0.05) is 42.5 Å². The van der Waals surface area contributed by atoms with Gasteiger partial charge in [-0.3, -0.25) is 9.59 Å². The molecule has 0 unspecified atom stereocenters. The number of carbonyl (C=O) groups excluding carboxylic acids is 1. The molecule has 1 amide bonds. The third-order valence-corrected chi connectivity index (χ3v) is 4.28. The second-order valence-electron chi connectivity index (χ2n) is 6.18. The molecule has 5 nitrogen and oxygen atoms in total. The van der Waals surface area contributed by atoms with E-state index in [-0.39, 0.29) is 11.6 Å². The van der Waals surface area contributed by atoms with Crippen molar-refractivity contribution in [1.29, 1.82) is 0 Å². The first kappa shape index (κ1) is 18.5. The molecular formula is C22H22N2O3. The Balaban J connectivity index is 1.73. The number of aromatic nitrogens is 1. The summed E-state index contributed by atoms with van der Waals surface area (Å²) >= 11 is 0. The van der Waals surface area contributed by atoms with Crippen molar-refractivity contribution in [2.45, 2.75) is 19.9 Å². The fraction of sp³-hybridized carbons (Fsp3) is 0.182. The average molecular weight is 362 g/mol. The Morgan fingerprint density at radius 3 is 2.37 bits per heavy atom. The van der Waals surface area contributed by atoms with E-state index in [1.54, 1.807) is 12.1 Å². The van der Waals surface area contributed by atoms with Gasteiger partial charge in [0.2, 0.25) is 0 Å². The summed E-state index contributed by atoms with van der Waals surface area (Å²) in [5.74, 6) is 0.380. The van der Waals surface area contributed by atoms with Crippen molar-refractivity contribution in [3.63, 3.8) is 0 Å². The third kappa shape index (κ3) is 4.44. The molecule has 0 spiro atoms. The quantitative estimate of drug-likeness (QED) is 0.698. The number of hydrogen-bond donors (Lipinski definition) is 2. The summed E-state index contributed by atoms with van der Waals surface area (Å²) in [5, 5.41) is 2.86. The van der Waals surface area contributed by atoms with Gasteiger partial charge < -0.3 is 15.0 Å². The predicted octanol–water partition coefficient (Wildman–Crippen LogP) is 3.93. The molecule has 0 aliphatic heterocycles. The van der Waals surface area contributed by atoms with Gasteiger partial charge in [0, 0.05) is 5.69 Å². The predicted molar refractivity (Wildman–Crippen MR) is 106 cm³/mol. The lowest BCUT2D eigenvalue weighted by atomic mass is 10.1. The zero-order valence-electron chi connectivity index (χ0n) is 15.4. The normalized spacial score (nSPS) is 11.6. The number of pyridine rings is 1. The van der Waals surface area contributed by atoms with E-state index in [0.717, 1.165) is 16.9 Å². The third-order valence-electron chi connectivity index (χ3n) is 4.28. The van der Waals surface area contributed by atoms with Crippen LogP contribution in [-0.2, 0) is 0 Å². The van der Waals surface area contributed by atoms with Crippen molar-refractivity contribution >= 4 is 5.91 Å². The Morgan fingerprint density at radius 2 is 1.74 bits per heavy atom. The highest BCUT2D eigenvalue weighted by atomic mass is 16.5. The Labute approximate surface area is 158 Å². The van der Waals surface area contributed by atoms with E-state index in [2.05, 4.69) is 10.3 Å².